The molecule has 0 bridgehead atoms. The maximum atomic E-state index is 13.2. The largest absolute Gasteiger partial charge is 0.497 e. The number of hydrogen-bond donors (Lipinski definition) is 1. The van der Waals surface area contributed by atoms with Crippen LogP contribution in [0.2, 0.25) is 0 Å². The van der Waals surface area contributed by atoms with Gasteiger partial charge >= 0.3 is 0 Å². The molecule has 2 N–H and O–H groups in total. The lowest BCUT2D eigenvalue weighted by Gasteiger charge is -2.00. The first-order chi connectivity index (χ1) is 13.6. The van der Waals surface area contributed by atoms with Crippen molar-refractivity contribution in [3.05, 3.63) is 77.4 Å². The van der Waals surface area contributed by atoms with E-state index in [0.717, 1.165) is 31.9 Å². The van der Waals surface area contributed by atoms with Gasteiger partial charge in [-0.1, -0.05) is 17.4 Å². The number of nitrogens with two attached hydrogens (primary N) is 1. The molecule has 4 rings (SSSR count). The molecule has 0 fully saturated rings. The van der Waals surface area contributed by atoms with E-state index in [-0.39, 0.29) is 5.82 Å². The van der Waals surface area contributed by atoms with Gasteiger partial charge < -0.3 is 10.5 Å². The van der Waals surface area contributed by atoms with Crippen molar-refractivity contribution >= 4 is 33.5 Å². The summed E-state index contributed by atoms with van der Waals surface area (Å²) in [5.74, 6) is 0.802. The van der Waals surface area contributed by atoms with Gasteiger partial charge in [0.25, 0.3) is 0 Å². The zero-order valence-electron chi connectivity index (χ0n) is 14.9. The fourth-order valence-electron chi connectivity index (χ4n) is 2.61. The Labute approximate surface area is 169 Å². The Morgan fingerprint density at radius 2 is 1.82 bits per heavy atom. The summed E-state index contributed by atoms with van der Waals surface area (Å²) in [4.78, 5) is 10.4. The molecule has 2 heterocycles. The van der Waals surface area contributed by atoms with Crippen molar-refractivity contribution in [1.29, 1.82) is 0 Å². The molecule has 28 heavy (non-hydrogen) atoms. The van der Waals surface area contributed by atoms with Crippen LogP contribution in [-0.2, 0) is 0 Å². The van der Waals surface area contributed by atoms with Crippen LogP contribution in [0.3, 0.4) is 0 Å². The molecule has 0 saturated carbocycles. The van der Waals surface area contributed by atoms with E-state index >= 15 is 0 Å². The summed E-state index contributed by atoms with van der Waals surface area (Å²) in [7, 11) is 1.64. The van der Waals surface area contributed by atoms with Crippen LogP contribution >= 0.6 is 22.7 Å². The number of benzene rings is 2. The predicted molar refractivity (Wildman–Crippen MR) is 114 cm³/mol. The van der Waals surface area contributed by atoms with Crippen LogP contribution in [0.25, 0.3) is 21.1 Å². The van der Waals surface area contributed by atoms with Crippen LogP contribution in [0.1, 0.15) is 5.56 Å². The summed E-state index contributed by atoms with van der Waals surface area (Å²) in [5, 5.41) is 3.56. The van der Waals surface area contributed by atoms with Crippen molar-refractivity contribution < 1.29 is 9.13 Å². The molecule has 0 atom stereocenters. The average Bonchev–Trinajstić information content (AvgIpc) is 3.38. The lowest BCUT2D eigenvalue weighted by molar-refractivity contribution is 0.415. The highest BCUT2D eigenvalue weighted by atomic mass is 32.1. The third kappa shape index (κ3) is 3.81. The van der Waals surface area contributed by atoms with Gasteiger partial charge in [0.05, 0.1) is 12.0 Å². The summed E-state index contributed by atoms with van der Waals surface area (Å²) in [5.41, 5.74) is 8.61. The predicted octanol–water partition coefficient (Wildman–Crippen LogP) is 5.72. The van der Waals surface area contributed by atoms with Crippen LogP contribution in [0.15, 0.2) is 71.0 Å². The third-order valence-corrected chi connectivity index (χ3v) is 5.94. The standard InChI is InChI=1S/C21H16FN3OS2/c1-26-16-10-6-14(7-11-16)20-24-18(17-3-2-12-27-17)21(28-20)25-19(23)13-4-8-15(22)9-5-13/h2-12H,1H3,(H2,23,25). The minimum absolute atomic E-state index is 0.310. The Balaban J connectivity index is 1.77. The molecule has 2 aromatic heterocycles. The minimum atomic E-state index is -0.310. The van der Waals surface area contributed by atoms with Gasteiger partial charge in [0.1, 0.15) is 33.1 Å². The number of aliphatic imine (C=N–C) groups is 1. The van der Waals surface area contributed by atoms with Crippen LogP contribution in [-0.4, -0.2) is 17.9 Å². The van der Waals surface area contributed by atoms with Gasteiger partial charge in [0, 0.05) is 11.1 Å². The number of aromatic nitrogens is 1. The molecular formula is C21H16FN3OS2. The van der Waals surface area contributed by atoms with Crippen LogP contribution in [0.5, 0.6) is 5.75 Å². The van der Waals surface area contributed by atoms with E-state index in [1.807, 2.05) is 41.8 Å². The zero-order valence-corrected chi connectivity index (χ0v) is 16.6. The molecule has 4 aromatic rings. The summed E-state index contributed by atoms with van der Waals surface area (Å²) in [6.45, 7) is 0. The van der Waals surface area contributed by atoms with Crippen LogP contribution in [0.4, 0.5) is 9.39 Å². The van der Waals surface area contributed by atoms with Gasteiger partial charge in [0.2, 0.25) is 0 Å². The van der Waals surface area contributed by atoms with Gasteiger partial charge in [-0.3, -0.25) is 0 Å². The Kier molecular flexibility index (Phi) is 5.18. The fraction of sp³-hybridized carbons (Fsp3) is 0.0476. The number of thiazole rings is 1. The first-order valence-electron chi connectivity index (χ1n) is 8.43. The Hall–Kier alpha value is -3.03. The summed E-state index contributed by atoms with van der Waals surface area (Å²) >= 11 is 3.06. The van der Waals surface area contributed by atoms with E-state index in [2.05, 4.69) is 4.99 Å². The van der Waals surface area contributed by atoms with Gasteiger partial charge in [-0.05, 0) is 60.0 Å². The van der Waals surface area contributed by atoms with Crippen molar-refractivity contribution in [1.82, 2.24) is 4.98 Å². The number of nitrogens with zero attached hydrogens (tertiary/aromatic N) is 2. The lowest BCUT2D eigenvalue weighted by atomic mass is 10.2. The number of halogens is 1. The Bertz CT molecular complexity index is 1100. The molecule has 0 spiro atoms. The van der Waals surface area contributed by atoms with Gasteiger partial charge in [-0.15, -0.1) is 11.3 Å². The molecule has 0 saturated heterocycles. The molecule has 0 aliphatic heterocycles. The van der Waals surface area contributed by atoms with Gasteiger partial charge in [-0.25, -0.2) is 14.4 Å². The summed E-state index contributed by atoms with van der Waals surface area (Å²) in [6.07, 6.45) is 0. The van der Waals surface area contributed by atoms with Crippen molar-refractivity contribution in [2.24, 2.45) is 10.7 Å². The third-order valence-electron chi connectivity index (χ3n) is 4.06. The van der Waals surface area contributed by atoms with Crippen molar-refractivity contribution in [3.63, 3.8) is 0 Å². The van der Waals surface area contributed by atoms with Crippen LogP contribution < -0.4 is 10.5 Å². The van der Waals surface area contributed by atoms with Crippen LogP contribution in [0, 0.1) is 5.82 Å². The molecule has 4 nitrogen and oxygen atoms in total. The second kappa shape index (κ2) is 7.92. The summed E-state index contributed by atoms with van der Waals surface area (Å²) < 4.78 is 18.4. The first-order valence-corrected chi connectivity index (χ1v) is 10.1. The van der Waals surface area contributed by atoms with Crippen molar-refractivity contribution in [3.8, 4) is 26.9 Å². The van der Waals surface area contributed by atoms with E-state index < -0.39 is 0 Å². The van der Waals surface area contributed by atoms with E-state index in [0.29, 0.717) is 11.4 Å². The highest BCUT2D eigenvalue weighted by Gasteiger charge is 2.16. The highest BCUT2D eigenvalue weighted by molar-refractivity contribution is 7.20. The van der Waals surface area contributed by atoms with Gasteiger partial charge in [0.15, 0.2) is 0 Å². The number of rotatable bonds is 5. The number of thiophene rings is 1. The average molecular weight is 410 g/mol. The van der Waals surface area contributed by atoms with E-state index in [9.17, 15) is 4.39 Å². The number of ether oxygens (including phenoxy) is 1. The number of hydrogen-bond acceptors (Lipinski definition) is 5. The highest BCUT2D eigenvalue weighted by Crippen LogP contribution is 2.41. The molecule has 0 unspecified atom stereocenters. The Morgan fingerprint density at radius 1 is 1.07 bits per heavy atom. The van der Waals surface area contributed by atoms with E-state index in [1.165, 1.54) is 23.5 Å². The molecule has 0 aliphatic rings. The normalized spacial score (nSPS) is 11.6. The Morgan fingerprint density at radius 3 is 2.46 bits per heavy atom. The number of amidine groups is 1. The monoisotopic (exact) mass is 409 g/mol. The quantitative estimate of drug-likeness (QED) is 0.339. The topological polar surface area (TPSA) is 60.5 Å². The first kappa shape index (κ1) is 18.3. The minimum Gasteiger partial charge on any atom is -0.497 e. The molecule has 0 radical (unpaired) electrons. The zero-order chi connectivity index (χ0) is 19.5. The van der Waals surface area contributed by atoms with E-state index in [1.54, 1.807) is 30.6 Å². The molecule has 0 amide bonds. The maximum Gasteiger partial charge on any atom is 0.147 e. The molecular weight excluding hydrogens is 393 g/mol. The number of methoxy groups -OCH3 is 1. The molecule has 0 aliphatic carbocycles. The van der Waals surface area contributed by atoms with E-state index in [4.69, 9.17) is 15.5 Å². The maximum absolute atomic E-state index is 13.2. The SMILES string of the molecule is COc1ccc(-c2nc(-c3cccs3)c(/N=C(\N)c3ccc(F)cc3)s2)cc1. The molecule has 7 heteroatoms. The lowest BCUT2D eigenvalue weighted by Crippen LogP contribution is -2.12. The molecule has 2 aromatic carbocycles. The smallest absolute Gasteiger partial charge is 0.147 e. The van der Waals surface area contributed by atoms with Crippen molar-refractivity contribution in [2.45, 2.75) is 0 Å². The van der Waals surface area contributed by atoms with Crippen molar-refractivity contribution in [2.75, 3.05) is 7.11 Å². The summed E-state index contributed by atoms with van der Waals surface area (Å²) in [6, 6.07) is 17.7. The molecule has 140 valence electrons. The van der Waals surface area contributed by atoms with Gasteiger partial charge in [-0.2, -0.15) is 0 Å². The fourth-order valence-corrected chi connectivity index (χ4v) is 4.36. The second-order valence-corrected chi connectivity index (χ2v) is 7.81. The second-order valence-electron chi connectivity index (χ2n) is 5.88.